The van der Waals surface area contributed by atoms with Gasteiger partial charge >= 0.3 is 6.09 Å². The molecule has 1 aliphatic rings. The smallest absolute Gasteiger partial charge is 0.410 e. The number of carbonyl (C=O) groups is 2. The van der Waals surface area contributed by atoms with Crippen molar-refractivity contribution in [2.45, 2.75) is 32.4 Å². The van der Waals surface area contributed by atoms with Crippen LogP contribution in [0.15, 0.2) is 37.1 Å². The Morgan fingerprint density at radius 1 is 1.34 bits per heavy atom. The van der Waals surface area contributed by atoms with Crippen LogP contribution in [0, 0.1) is 11.3 Å². The summed E-state index contributed by atoms with van der Waals surface area (Å²) in [5, 5.41) is 13.1. The van der Waals surface area contributed by atoms with Crippen LogP contribution in [0.25, 0.3) is 0 Å². The van der Waals surface area contributed by atoms with Crippen molar-refractivity contribution in [2.24, 2.45) is 7.05 Å². The number of nitriles is 1. The van der Waals surface area contributed by atoms with Crippen molar-refractivity contribution >= 4 is 28.3 Å². The van der Waals surface area contributed by atoms with E-state index in [9.17, 15) is 14.9 Å². The minimum Gasteiger partial charge on any atom is -0.443 e. The lowest BCUT2D eigenvalue weighted by atomic mass is 10.0. The first kappa shape index (κ1) is 21.5. The zero-order valence-electron chi connectivity index (χ0n) is 17.6. The number of hydrogen-bond acceptors (Lipinski definition) is 7. The van der Waals surface area contributed by atoms with Gasteiger partial charge in [0, 0.05) is 37.3 Å². The Morgan fingerprint density at radius 3 is 2.94 bits per heavy atom. The van der Waals surface area contributed by atoms with Gasteiger partial charge in [0.15, 0.2) is 0 Å². The molecule has 2 amide bonds. The number of carbonyl (C=O) groups excluding carboxylic acids is 2. The van der Waals surface area contributed by atoms with E-state index < -0.39 is 6.09 Å². The highest BCUT2D eigenvalue weighted by molar-refractivity contribution is 7.16. The fourth-order valence-corrected chi connectivity index (χ4v) is 4.74. The molecule has 0 saturated heterocycles. The number of nitrogens with zero attached hydrogens (tertiary/aromatic N) is 5. The molecule has 0 fully saturated rings. The van der Waals surface area contributed by atoms with Crippen LogP contribution >= 0.6 is 11.3 Å². The summed E-state index contributed by atoms with van der Waals surface area (Å²) in [6.45, 7) is 0.951. The van der Waals surface area contributed by atoms with Gasteiger partial charge in [-0.15, -0.1) is 11.3 Å². The standard InChI is InChI=1S/C22H22N6O3S/c1-27-14-25-11-16(27)13-31-22(30)28-8-6-17-18(9-23)21(32-19(17)12-28)26-20(29)5-4-15-3-2-7-24-10-15/h2-3,7,10-11,14H,4-6,8,12-13H2,1H3,(H,26,29). The lowest BCUT2D eigenvalue weighted by Crippen LogP contribution is -2.35. The van der Waals surface area contributed by atoms with Crippen molar-refractivity contribution in [1.82, 2.24) is 19.4 Å². The van der Waals surface area contributed by atoms with Crippen molar-refractivity contribution in [3.8, 4) is 6.07 Å². The van der Waals surface area contributed by atoms with E-state index in [2.05, 4.69) is 21.4 Å². The molecule has 32 heavy (non-hydrogen) atoms. The molecule has 1 aliphatic heterocycles. The molecule has 10 heteroatoms. The highest BCUT2D eigenvalue weighted by Crippen LogP contribution is 2.37. The van der Waals surface area contributed by atoms with E-state index >= 15 is 0 Å². The van der Waals surface area contributed by atoms with Gasteiger partial charge in [-0.25, -0.2) is 9.78 Å². The zero-order valence-corrected chi connectivity index (χ0v) is 18.4. The summed E-state index contributed by atoms with van der Waals surface area (Å²) in [6, 6.07) is 5.98. The molecular weight excluding hydrogens is 428 g/mol. The van der Waals surface area contributed by atoms with Gasteiger partial charge in [-0.1, -0.05) is 6.07 Å². The third-order valence-electron chi connectivity index (χ3n) is 5.30. The molecule has 0 radical (unpaired) electrons. The number of imidazole rings is 1. The molecule has 9 nitrogen and oxygen atoms in total. The van der Waals surface area contributed by atoms with Gasteiger partial charge in [0.1, 0.15) is 17.7 Å². The van der Waals surface area contributed by atoms with Gasteiger partial charge in [-0.2, -0.15) is 5.26 Å². The maximum Gasteiger partial charge on any atom is 0.410 e. The summed E-state index contributed by atoms with van der Waals surface area (Å²) in [5.74, 6) is -0.156. The van der Waals surface area contributed by atoms with E-state index in [-0.39, 0.29) is 12.5 Å². The van der Waals surface area contributed by atoms with Crippen LogP contribution in [-0.2, 0) is 42.6 Å². The number of aromatic nitrogens is 3. The number of hydrogen-bond donors (Lipinski definition) is 1. The Kier molecular flexibility index (Phi) is 6.47. The zero-order chi connectivity index (χ0) is 22.5. The van der Waals surface area contributed by atoms with E-state index in [1.165, 1.54) is 11.3 Å². The fourth-order valence-electron chi connectivity index (χ4n) is 3.51. The summed E-state index contributed by atoms with van der Waals surface area (Å²) in [7, 11) is 1.84. The van der Waals surface area contributed by atoms with Gasteiger partial charge in [-0.05, 0) is 30.0 Å². The summed E-state index contributed by atoms with van der Waals surface area (Å²) in [6.07, 6.45) is 7.74. The normalized spacial score (nSPS) is 12.7. The predicted molar refractivity (Wildman–Crippen MR) is 118 cm³/mol. The van der Waals surface area contributed by atoms with Crippen LogP contribution in [0.1, 0.15) is 33.7 Å². The molecule has 0 aliphatic carbocycles. The lowest BCUT2D eigenvalue weighted by Gasteiger charge is -2.26. The predicted octanol–water partition coefficient (Wildman–Crippen LogP) is 3.01. The Balaban J connectivity index is 1.37. The summed E-state index contributed by atoms with van der Waals surface area (Å²) in [5.41, 5.74) is 3.17. The third kappa shape index (κ3) is 4.78. The molecule has 0 unspecified atom stereocenters. The maximum atomic E-state index is 12.5. The van der Waals surface area contributed by atoms with Gasteiger partial charge in [0.2, 0.25) is 5.91 Å². The average Bonchev–Trinajstić information content (AvgIpc) is 3.38. The molecular formula is C22H22N6O3S. The van der Waals surface area contributed by atoms with Crippen molar-refractivity contribution in [3.63, 3.8) is 0 Å². The number of ether oxygens (including phenoxy) is 1. The molecule has 164 valence electrons. The third-order valence-corrected chi connectivity index (χ3v) is 6.44. The number of nitrogens with one attached hydrogen (secondary N) is 1. The Bertz CT molecular complexity index is 1160. The maximum absolute atomic E-state index is 12.5. The number of pyridine rings is 1. The van der Waals surface area contributed by atoms with Crippen molar-refractivity contribution in [2.75, 3.05) is 11.9 Å². The molecule has 0 saturated carbocycles. The van der Waals surface area contributed by atoms with Crippen molar-refractivity contribution in [1.29, 1.82) is 5.26 Å². The lowest BCUT2D eigenvalue weighted by molar-refractivity contribution is -0.116. The molecule has 4 heterocycles. The Hall–Kier alpha value is -3.71. The van der Waals surface area contributed by atoms with E-state index in [4.69, 9.17) is 4.74 Å². The molecule has 0 aromatic carbocycles. The topological polar surface area (TPSA) is 113 Å². The van der Waals surface area contributed by atoms with Crippen molar-refractivity contribution < 1.29 is 14.3 Å². The number of thiophene rings is 1. The van der Waals surface area contributed by atoms with Crippen LogP contribution in [0.3, 0.4) is 0 Å². The fraction of sp³-hybridized carbons (Fsp3) is 0.318. The summed E-state index contributed by atoms with van der Waals surface area (Å²) < 4.78 is 7.21. The molecule has 0 atom stereocenters. The quantitative estimate of drug-likeness (QED) is 0.618. The molecule has 4 rings (SSSR count). The minimum absolute atomic E-state index is 0.144. The largest absolute Gasteiger partial charge is 0.443 e. The molecule has 0 spiro atoms. The number of fused-ring (bicyclic) bond motifs is 1. The average molecular weight is 451 g/mol. The van der Waals surface area contributed by atoms with Crippen LogP contribution in [0.2, 0.25) is 0 Å². The number of anilines is 1. The van der Waals surface area contributed by atoms with Gasteiger partial charge < -0.3 is 19.5 Å². The first-order valence-electron chi connectivity index (χ1n) is 10.2. The Labute approximate surface area is 189 Å². The highest BCUT2D eigenvalue weighted by atomic mass is 32.1. The van der Waals surface area contributed by atoms with Crippen LogP contribution in [0.5, 0.6) is 0 Å². The van der Waals surface area contributed by atoms with E-state index in [0.717, 1.165) is 21.7 Å². The Morgan fingerprint density at radius 2 is 2.22 bits per heavy atom. The van der Waals surface area contributed by atoms with Gasteiger partial charge in [-0.3, -0.25) is 9.78 Å². The van der Waals surface area contributed by atoms with Gasteiger partial charge in [0.05, 0.1) is 30.3 Å². The van der Waals surface area contributed by atoms with Crippen molar-refractivity contribution in [3.05, 3.63) is 64.3 Å². The molecule has 0 bridgehead atoms. The van der Waals surface area contributed by atoms with E-state index in [0.29, 0.717) is 42.9 Å². The molecule has 3 aromatic heterocycles. The second-order valence-corrected chi connectivity index (χ2v) is 8.56. The summed E-state index contributed by atoms with van der Waals surface area (Å²) >= 11 is 1.35. The first-order valence-corrected chi connectivity index (χ1v) is 11.0. The van der Waals surface area contributed by atoms with Crippen LogP contribution in [-0.4, -0.2) is 38.0 Å². The number of aryl methyl sites for hydroxylation is 2. The van der Waals surface area contributed by atoms with Gasteiger partial charge in [0.25, 0.3) is 0 Å². The summed E-state index contributed by atoms with van der Waals surface area (Å²) in [4.78, 5) is 35.5. The van der Waals surface area contributed by atoms with E-state index in [1.807, 2.05) is 19.2 Å². The molecule has 1 N–H and O–H groups in total. The highest BCUT2D eigenvalue weighted by Gasteiger charge is 2.28. The van der Waals surface area contributed by atoms with Crippen LogP contribution in [0.4, 0.5) is 9.80 Å². The SMILES string of the molecule is Cn1cncc1COC(=O)N1CCc2c(sc(NC(=O)CCc3cccnc3)c2C#N)C1. The molecule has 3 aromatic rings. The monoisotopic (exact) mass is 450 g/mol. The number of rotatable bonds is 6. The van der Waals surface area contributed by atoms with E-state index in [1.54, 1.807) is 34.4 Å². The minimum atomic E-state index is -0.411. The number of amides is 2. The second kappa shape index (κ2) is 9.62. The second-order valence-electron chi connectivity index (χ2n) is 7.45. The first-order chi connectivity index (χ1) is 15.5. The van der Waals surface area contributed by atoms with Crippen LogP contribution < -0.4 is 5.32 Å².